The van der Waals surface area contributed by atoms with Gasteiger partial charge in [-0.15, -0.1) is 0 Å². The van der Waals surface area contributed by atoms with E-state index in [1.165, 1.54) is 11.8 Å². The minimum Gasteiger partial charge on any atom is -0.465 e. The van der Waals surface area contributed by atoms with Gasteiger partial charge in [-0.05, 0) is 6.42 Å². The van der Waals surface area contributed by atoms with Crippen LogP contribution in [0.3, 0.4) is 0 Å². The summed E-state index contributed by atoms with van der Waals surface area (Å²) < 4.78 is 6.15. The molecule has 8 heteroatoms. The summed E-state index contributed by atoms with van der Waals surface area (Å²) in [5.41, 5.74) is 12.0. The zero-order chi connectivity index (χ0) is 14.0. The number of hydrogen-bond acceptors (Lipinski definition) is 7. The number of anilines is 2. The van der Waals surface area contributed by atoms with Gasteiger partial charge in [0, 0.05) is 19.1 Å². The van der Waals surface area contributed by atoms with E-state index in [1.807, 2.05) is 4.90 Å². The van der Waals surface area contributed by atoms with Crippen LogP contribution in [0, 0.1) is 0 Å². The van der Waals surface area contributed by atoms with Crippen LogP contribution >= 0.6 is 0 Å². The van der Waals surface area contributed by atoms with E-state index in [0.717, 1.165) is 13.0 Å². The van der Waals surface area contributed by atoms with Crippen LogP contribution in [0.5, 0.6) is 0 Å². The summed E-state index contributed by atoms with van der Waals surface area (Å²) in [5.74, 6) is 0.152. The number of aromatic nitrogens is 2. The van der Waals surface area contributed by atoms with Crippen molar-refractivity contribution < 1.29 is 14.6 Å². The van der Waals surface area contributed by atoms with Gasteiger partial charge in [-0.2, -0.15) is 5.10 Å². The number of ether oxygens (including phenoxy) is 1. The summed E-state index contributed by atoms with van der Waals surface area (Å²) in [7, 11) is 1.30. The van der Waals surface area contributed by atoms with Crippen LogP contribution in [0.25, 0.3) is 0 Å². The van der Waals surface area contributed by atoms with E-state index in [-0.39, 0.29) is 30.6 Å². The summed E-state index contributed by atoms with van der Waals surface area (Å²) in [6.45, 7) is 1.47. The van der Waals surface area contributed by atoms with Gasteiger partial charge < -0.3 is 26.2 Å². The third-order valence-corrected chi connectivity index (χ3v) is 3.20. The average Bonchev–Trinajstić information content (AvgIpc) is 2.94. The van der Waals surface area contributed by atoms with Crippen LogP contribution in [0.2, 0.25) is 0 Å². The number of esters is 1. The molecule has 0 radical (unpaired) electrons. The summed E-state index contributed by atoms with van der Waals surface area (Å²) in [4.78, 5) is 13.8. The van der Waals surface area contributed by atoms with Crippen molar-refractivity contribution in [2.24, 2.45) is 5.73 Å². The maximum atomic E-state index is 11.8. The number of nitrogens with two attached hydrogens (primary N) is 2. The molecule has 0 aromatic carbocycles. The second-order valence-corrected chi connectivity index (χ2v) is 4.52. The number of methoxy groups -OCH3 is 1. The highest BCUT2D eigenvalue weighted by Crippen LogP contribution is 2.28. The largest absolute Gasteiger partial charge is 0.465 e. The Morgan fingerprint density at radius 3 is 2.89 bits per heavy atom. The maximum Gasteiger partial charge on any atom is 0.345 e. The third kappa shape index (κ3) is 2.49. The van der Waals surface area contributed by atoms with E-state index in [1.54, 1.807) is 0 Å². The van der Waals surface area contributed by atoms with Gasteiger partial charge in [-0.25, -0.2) is 9.48 Å². The molecule has 106 valence electrons. The number of aliphatic hydroxyl groups excluding tert-OH is 1. The van der Waals surface area contributed by atoms with Gasteiger partial charge in [-0.1, -0.05) is 0 Å². The quantitative estimate of drug-likeness (QED) is 0.586. The van der Waals surface area contributed by atoms with Crippen LogP contribution in [0.1, 0.15) is 16.8 Å². The van der Waals surface area contributed by atoms with Crippen LogP contribution in [0.4, 0.5) is 11.6 Å². The Morgan fingerprint density at radius 2 is 2.37 bits per heavy atom. The number of rotatable bonds is 4. The van der Waals surface area contributed by atoms with Gasteiger partial charge in [0.2, 0.25) is 0 Å². The molecule has 0 bridgehead atoms. The van der Waals surface area contributed by atoms with Crippen molar-refractivity contribution in [3.05, 3.63) is 5.56 Å². The van der Waals surface area contributed by atoms with Crippen LogP contribution < -0.4 is 16.4 Å². The highest BCUT2D eigenvalue weighted by molar-refractivity contribution is 5.99. The zero-order valence-corrected chi connectivity index (χ0v) is 10.9. The number of carbonyl (C=O) groups excluding carboxylic acids is 1. The second-order valence-electron chi connectivity index (χ2n) is 4.52. The molecule has 0 amide bonds. The summed E-state index contributed by atoms with van der Waals surface area (Å²) in [6, 6.07) is 0.0645. The zero-order valence-electron chi connectivity index (χ0n) is 10.9. The second kappa shape index (κ2) is 5.45. The molecule has 19 heavy (non-hydrogen) atoms. The smallest absolute Gasteiger partial charge is 0.345 e. The van der Waals surface area contributed by atoms with Gasteiger partial charge in [0.1, 0.15) is 11.4 Å². The topological polar surface area (TPSA) is 120 Å². The van der Waals surface area contributed by atoms with Crippen molar-refractivity contribution in [3.8, 4) is 0 Å². The van der Waals surface area contributed by atoms with Crippen molar-refractivity contribution in [2.45, 2.75) is 19.0 Å². The lowest BCUT2D eigenvalue weighted by Crippen LogP contribution is -2.27. The molecule has 5 N–H and O–H groups in total. The molecular weight excluding hydrogens is 250 g/mol. The number of carbonyl (C=O) groups is 1. The van der Waals surface area contributed by atoms with Crippen molar-refractivity contribution in [3.63, 3.8) is 0 Å². The molecule has 1 aliphatic rings. The van der Waals surface area contributed by atoms with Gasteiger partial charge >= 0.3 is 5.97 Å². The first-order valence-corrected chi connectivity index (χ1v) is 6.14. The van der Waals surface area contributed by atoms with Crippen molar-refractivity contribution in [1.82, 2.24) is 9.78 Å². The molecule has 1 aromatic heterocycles. The Hall–Kier alpha value is -1.80. The van der Waals surface area contributed by atoms with Crippen molar-refractivity contribution >= 4 is 17.6 Å². The average molecular weight is 269 g/mol. The van der Waals surface area contributed by atoms with Crippen LogP contribution in [-0.4, -0.2) is 53.7 Å². The SMILES string of the molecule is COC(=O)c1c(N2CCC(N)C2)nn(CCO)c1N. The third-order valence-electron chi connectivity index (χ3n) is 3.20. The Bertz CT molecular complexity index is 473. The van der Waals surface area contributed by atoms with E-state index in [0.29, 0.717) is 12.4 Å². The Morgan fingerprint density at radius 1 is 1.63 bits per heavy atom. The fourth-order valence-corrected chi connectivity index (χ4v) is 2.23. The van der Waals surface area contributed by atoms with E-state index < -0.39 is 5.97 Å². The lowest BCUT2D eigenvalue weighted by Gasteiger charge is -2.15. The van der Waals surface area contributed by atoms with E-state index in [9.17, 15) is 4.79 Å². The number of aliphatic hydroxyl groups is 1. The summed E-state index contributed by atoms with van der Waals surface area (Å²) in [5, 5.41) is 13.3. The Kier molecular flexibility index (Phi) is 3.91. The predicted molar refractivity (Wildman–Crippen MR) is 69.9 cm³/mol. The normalized spacial score (nSPS) is 18.9. The molecule has 1 saturated heterocycles. The van der Waals surface area contributed by atoms with Crippen LogP contribution in [-0.2, 0) is 11.3 Å². The van der Waals surface area contributed by atoms with Crippen molar-refractivity contribution in [2.75, 3.05) is 37.4 Å². The first-order valence-electron chi connectivity index (χ1n) is 6.14. The predicted octanol–water partition coefficient (Wildman–Crippen LogP) is -1.22. The highest BCUT2D eigenvalue weighted by Gasteiger charge is 2.30. The molecule has 0 spiro atoms. The lowest BCUT2D eigenvalue weighted by atomic mass is 10.3. The molecule has 1 atom stereocenters. The highest BCUT2D eigenvalue weighted by atomic mass is 16.5. The molecule has 0 saturated carbocycles. The van der Waals surface area contributed by atoms with E-state index in [2.05, 4.69) is 5.10 Å². The molecule has 2 rings (SSSR count). The van der Waals surface area contributed by atoms with Gasteiger partial charge in [0.05, 0.1) is 20.3 Å². The fraction of sp³-hybridized carbons (Fsp3) is 0.636. The molecule has 1 fully saturated rings. The molecular formula is C11H19N5O3. The lowest BCUT2D eigenvalue weighted by molar-refractivity contribution is 0.0602. The van der Waals surface area contributed by atoms with Crippen LogP contribution in [0.15, 0.2) is 0 Å². The molecule has 1 aromatic rings. The Balaban J connectivity index is 2.40. The first-order chi connectivity index (χ1) is 9.08. The minimum absolute atomic E-state index is 0.0645. The summed E-state index contributed by atoms with van der Waals surface area (Å²) >= 11 is 0. The molecule has 2 heterocycles. The van der Waals surface area contributed by atoms with Gasteiger partial charge in [0.25, 0.3) is 0 Å². The maximum absolute atomic E-state index is 11.8. The molecule has 1 aliphatic heterocycles. The molecule has 8 nitrogen and oxygen atoms in total. The molecule has 0 aliphatic carbocycles. The number of nitrogen functional groups attached to an aromatic ring is 1. The number of hydrogen-bond donors (Lipinski definition) is 3. The van der Waals surface area contributed by atoms with E-state index >= 15 is 0 Å². The standard InChI is InChI=1S/C11H19N5O3/c1-19-11(18)8-9(13)16(4-5-17)14-10(8)15-3-2-7(12)6-15/h7,17H,2-6,12-13H2,1H3. The Labute approximate surface area is 110 Å². The van der Waals surface area contributed by atoms with Crippen molar-refractivity contribution in [1.29, 1.82) is 0 Å². The first kappa shape index (κ1) is 13.6. The number of nitrogens with zero attached hydrogens (tertiary/aromatic N) is 3. The molecule has 1 unspecified atom stereocenters. The van der Waals surface area contributed by atoms with Gasteiger partial charge in [0.15, 0.2) is 5.82 Å². The fourth-order valence-electron chi connectivity index (χ4n) is 2.23. The minimum atomic E-state index is -0.530. The monoisotopic (exact) mass is 269 g/mol. The van der Waals surface area contributed by atoms with E-state index in [4.69, 9.17) is 21.3 Å². The van der Waals surface area contributed by atoms with Gasteiger partial charge in [-0.3, -0.25) is 0 Å². The summed E-state index contributed by atoms with van der Waals surface area (Å²) in [6.07, 6.45) is 0.841.